The third kappa shape index (κ3) is 3.41. The molecule has 0 bridgehead atoms. The second-order valence-corrected chi connectivity index (χ2v) is 5.54. The Bertz CT molecular complexity index is 760. The zero-order chi connectivity index (χ0) is 16.4. The van der Waals surface area contributed by atoms with Crippen LogP contribution in [0, 0.1) is 20.8 Å². The maximum absolute atomic E-state index is 12.1. The van der Waals surface area contributed by atoms with Crippen molar-refractivity contribution in [1.82, 2.24) is 24.9 Å². The van der Waals surface area contributed by atoms with Gasteiger partial charge in [-0.2, -0.15) is 10.2 Å². The molecule has 2 aromatic heterocycles. The fourth-order valence-corrected chi connectivity index (χ4v) is 2.33. The van der Waals surface area contributed by atoms with Crippen LogP contribution in [-0.4, -0.2) is 25.5 Å². The topological polar surface area (TPSA) is 81.8 Å². The largest absolute Gasteiger partial charge is 0.348 e. The summed E-state index contributed by atoms with van der Waals surface area (Å²) >= 11 is 0. The summed E-state index contributed by atoms with van der Waals surface area (Å²) in [6.07, 6.45) is 1.88. The fourth-order valence-electron chi connectivity index (χ4n) is 2.33. The summed E-state index contributed by atoms with van der Waals surface area (Å²) < 4.78 is 2.89. The highest BCUT2D eigenvalue weighted by Crippen LogP contribution is 2.15. The number of hydrogen-bond acceptors (Lipinski definition) is 4. The van der Waals surface area contributed by atoms with Gasteiger partial charge >= 0.3 is 0 Å². The highest BCUT2D eigenvalue weighted by molar-refractivity contribution is 5.76. The van der Waals surface area contributed by atoms with Gasteiger partial charge in [0, 0.05) is 24.9 Å². The molecule has 0 spiro atoms. The molecule has 7 heteroatoms. The number of carbonyl (C=O) groups excluding carboxylic acids is 1. The molecule has 0 saturated heterocycles. The van der Waals surface area contributed by atoms with Gasteiger partial charge < -0.3 is 5.32 Å². The van der Waals surface area contributed by atoms with E-state index < -0.39 is 0 Å². The molecule has 1 unspecified atom stereocenters. The molecule has 0 aromatic carbocycles. The van der Waals surface area contributed by atoms with Crippen LogP contribution in [0.3, 0.4) is 0 Å². The van der Waals surface area contributed by atoms with Gasteiger partial charge in [0.15, 0.2) is 0 Å². The van der Waals surface area contributed by atoms with Gasteiger partial charge in [0.25, 0.3) is 5.56 Å². The summed E-state index contributed by atoms with van der Waals surface area (Å²) in [7, 11) is 1.84. The van der Waals surface area contributed by atoms with Crippen LogP contribution in [0.5, 0.6) is 0 Å². The standard InChI is InChI=1S/C15H21N5O2/c1-9-6-15(22)20(18-10(9)2)8-14(21)16-11(3)13-7-19(5)17-12(13)4/h6-7,11H,8H2,1-5H3,(H,16,21). The molecule has 2 aromatic rings. The molecule has 0 aliphatic rings. The van der Waals surface area contributed by atoms with Gasteiger partial charge in [-0.3, -0.25) is 14.3 Å². The van der Waals surface area contributed by atoms with E-state index in [2.05, 4.69) is 15.5 Å². The first-order chi connectivity index (χ1) is 10.3. The van der Waals surface area contributed by atoms with Gasteiger partial charge in [-0.25, -0.2) is 4.68 Å². The normalized spacial score (nSPS) is 12.2. The molecule has 22 heavy (non-hydrogen) atoms. The molecule has 2 heterocycles. The first-order valence-corrected chi connectivity index (χ1v) is 7.12. The maximum Gasteiger partial charge on any atom is 0.267 e. The Labute approximate surface area is 129 Å². The molecule has 0 saturated carbocycles. The lowest BCUT2D eigenvalue weighted by Gasteiger charge is -2.14. The van der Waals surface area contributed by atoms with E-state index in [9.17, 15) is 9.59 Å². The molecule has 1 amide bonds. The van der Waals surface area contributed by atoms with Crippen molar-refractivity contribution in [2.45, 2.75) is 40.3 Å². The lowest BCUT2D eigenvalue weighted by atomic mass is 10.1. The number of nitrogens with zero attached hydrogens (tertiary/aromatic N) is 4. The quantitative estimate of drug-likeness (QED) is 0.905. The van der Waals surface area contributed by atoms with E-state index in [1.165, 1.54) is 10.7 Å². The fraction of sp³-hybridized carbons (Fsp3) is 0.467. The molecule has 0 aliphatic heterocycles. The lowest BCUT2D eigenvalue weighted by molar-refractivity contribution is -0.122. The van der Waals surface area contributed by atoms with Crippen LogP contribution in [0.1, 0.15) is 35.5 Å². The van der Waals surface area contributed by atoms with E-state index in [0.29, 0.717) is 0 Å². The number of nitrogens with one attached hydrogen (secondary N) is 1. The van der Waals surface area contributed by atoms with Crippen LogP contribution in [0.15, 0.2) is 17.1 Å². The van der Waals surface area contributed by atoms with Crippen molar-refractivity contribution >= 4 is 5.91 Å². The van der Waals surface area contributed by atoms with Crippen LogP contribution in [0.2, 0.25) is 0 Å². The second-order valence-electron chi connectivity index (χ2n) is 5.54. The van der Waals surface area contributed by atoms with E-state index in [4.69, 9.17) is 0 Å². The van der Waals surface area contributed by atoms with Gasteiger partial charge in [-0.15, -0.1) is 0 Å². The van der Waals surface area contributed by atoms with Crippen molar-refractivity contribution in [3.63, 3.8) is 0 Å². The average Bonchev–Trinajstić information content (AvgIpc) is 2.75. The summed E-state index contributed by atoms with van der Waals surface area (Å²) in [5, 5.41) is 11.3. The molecule has 1 N–H and O–H groups in total. The predicted octanol–water partition coefficient (Wildman–Crippen LogP) is 0.779. The van der Waals surface area contributed by atoms with Gasteiger partial charge in [-0.1, -0.05) is 0 Å². The minimum absolute atomic E-state index is 0.0936. The van der Waals surface area contributed by atoms with Crippen molar-refractivity contribution in [2.24, 2.45) is 7.05 Å². The van der Waals surface area contributed by atoms with E-state index in [-0.39, 0.29) is 24.1 Å². The van der Waals surface area contributed by atoms with E-state index in [0.717, 1.165) is 22.5 Å². The molecule has 7 nitrogen and oxygen atoms in total. The Hall–Kier alpha value is -2.44. The second kappa shape index (κ2) is 6.13. The van der Waals surface area contributed by atoms with Crippen LogP contribution in [-0.2, 0) is 18.4 Å². The van der Waals surface area contributed by atoms with Gasteiger partial charge in [0.05, 0.1) is 17.4 Å². The summed E-state index contributed by atoms with van der Waals surface area (Å²) in [6.45, 7) is 7.32. The lowest BCUT2D eigenvalue weighted by Crippen LogP contribution is -2.35. The number of aryl methyl sites for hydroxylation is 4. The Morgan fingerprint density at radius 1 is 1.27 bits per heavy atom. The van der Waals surface area contributed by atoms with Crippen LogP contribution in [0.4, 0.5) is 0 Å². The van der Waals surface area contributed by atoms with Crippen molar-refractivity contribution in [3.8, 4) is 0 Å². The highest BCUT2D eigenvalue weighted by Gasteiger charge is 2.15. The monoisotopic (exact) mass is 303 g/mol. The maximum atomic E-state index is 12.1. The van der Waals surface area contributed by atoms with Crippen molar-refractivity contribution in [1.29, 1.82) is 0 Å². The Morgan fingerprint density at radius 3 is 2.55 bits per heavy atom. The molecule has 2 rings (SSSR count). The van der Waals surface area contributed by atoms with Crippen molar-refractivity contribution in [3.05, 3.63) is 45.1 Å². The first kappa shape index (κ1) is 15.9. The van der Waals surface area contributed by atoms with Gasteiger partial charge in [0.2, 0.25) is 5.91 Å². The van der Waals surface area contributed by atoms with E-state index in [1.807, 2.05) is 40.9 Å². The molecule has 0 radical (unpaired) electrons. The molecule has 0 aliphatic carbocycles. The molecular formula is C15H21N5O2. The average molecular weight is 303 g/mol. The highest BCUT2D eigenvalue weighted by atomic mass is 16.2. The minimum atomic E-state index is -0.275. The van der Waals surface area contributed by atoms with Crippen LogP contribution >= 0.6 is 0 Å². The smallest absolute Gasteiger partial charge is 0.267 e. The SMILES string of the molecule is Cc1cc(=O)n(CC(=O)NC(C)c2cn(C)nc2C)nc1C. The molecule has 0 fully saturated rings. The van der Waals surface area contributed by atoms with E-state index in [1.54, 1.807) is 4.68 Å². The molecule has 118 valence electrons. The summed E-state index contributed by atoms with van der Waals surface area (Å²) in [6, 6.07) is 1.31. The molecular weight excluding hydrogens is 282 g/mol. The molecule has 1 atom stereocenters. The van der Waals surface area contributed by atoms with Crippen LogP contribution in [0.25, 0.3) is 0 Å². The summed E-state index contributed by atoms with van der Waals surface area (Å²) in [5.74, 6) is -0.256. The Kier molecular flexibility index (Phi) is 4.44. The zero-order valence-electron chi connectivity index (χ0n) is 13.5. The van der Waals surface area contributed by atoms with Crippen LogP contribution < -0.4 is 10.9 Å². The third-order valence-corrected chi connectivity index (χ3v) is 3.62. The Morgan fingerprint density at radius 2 is 1.95 bits per heavy atom. The van der Waals surface area contributed by atoms with Crippen molar-refractivity contribution in [2.75, 3.05) is 0 Å². The number of amides is 1. The Balaban J connectivity index is 2.09. The zero-order valence-corrected chi connectivity index (χ0v) is 13.5. The predicted molar refractivity (Wildman–Crippen MR) is 82.5 cm³/mol. The summed E-state index contributed by atoms with van der Waals surface area (Å²) in [5.41, 5.74) is 3.11. The van der Waals surface area contributed by atoms with E-state index >= 15 is 0 Å². The number of aromatic nitrogens is 4. The minimum Gasteiger partial charge on any atom is -0.348 e. The summed E-state index contributed by atoms with van der Waals surface area (Å²) in [4.78, 5) is 24.0. The third-order valence-electron chi connectivity index (χ3n) is 3.62. The van der Waals surface area contributed by atoms with Gasteiger partial charge in [0.1, 0.15) is 6.54 Å². The first-order valence-electron chi connectivity index (χ1n) is 7.12. The number of hydrogen-bond donors (Lipinski definition) is 1. The number of carbonyl (C=O) groups is 1. The van der Waals surface area contributed by atoms with Crippen molar-refractivity contribution < 1.29 is 4.79 Å². The number of rotatable bonds is 4. The van der Waals surface area contributed by atoms with Gasteiger partial charge in [-0.05, 0) is 33.3 Å².